The Kier molecular flexibility index (Phi) is 6.68. The molecule has 1 aromatic carbocycles. The molecular formula is C16H26N2O2. The van der Waals surface area contributed by atoms with Crippen molar-refractivity contribution in [3.8, 4) is 0 Å². The Bertz CT molecular complexity index is 413. The summed E-state index contributed by atoms with van der Waals surface area (Å²) in [5.41, 5.74) is 1.51. The van der Waals surface area contributed by atoms with Crippen LogP contribution in [-0.2, 0) is 6.54 Å². The second kappa shape index (κ2) is 8.02. The summed E-state index contributed by atoms with van der Waals surface area (Å²) in [6.45, 7) is 8.40. The quantitative estimate of drug-likeness (QED) is 0.793. The van der Waals surface area contributed by atoms with Gasteiger partial charge in [0.25, 0.3) is 0 Å². The number of aromatic carboxylic acids is 1. The van der Waals surface area contributed by atoms with E-state index in [4.69, 9.17) is 5.11 Å². The second-order valence-electron chi connectivity index (χ2n) is 5.93. The van der Waals surface area contributed by atoms with Gasteiger partial charge in [0.1, 0.15) is 0 Å². The normalized spacial score (nSPS) is 11.6. The summed E-state index contributed by atoms with van der Waals surface area (Å²) in [6, 6.07) is 7.17. The zero-order chi connectivity index (χ0) is 15.1. The first-order valence-corrected chi connectivity index (χ1v) is 7.07. The lowest BCUT2D eigenvalue weighted by Gasteiger charge is -2.26. The molecule has 0 saturated heterocycles. The van der Waals surface area contributed by atoms with Crippen molar-refractivity contribution in [2.45, 2.75) is 20.4 Å². The van der Waals surface area contributed by atoms with Crippen molar-refractivity contribution >= 4 is 5.97 Å². The molecule has 4 nitrogen and oxygen atoms in total. The van der Waals surface area contributed by atoms with Crippen LogP contribution in [0.1, 0.15) is 29.8 Å². The largest absolute Gasteiger partial charge is 0.478 e. The maximum absolute atomic E-state index is 10.8. The lowest BCUT2D eigenvalue weighted by atomic mass is 10.1. The number of likely N-dealkylation sites (N-methyl/N-ethyl adjacent to an activating group) is 1. The molecule has 0 aliphatic heterocycles. The summed E-state index contributed by atoms with van der Waals surface area (Å²) >= 11 is 0. The number of hydrogen-bond acceptors (Lipinski definition) is 3. The number of carboxylic acid groups (broad SMARTS) is 1. The molecule has 0 heterocycles. The maximum Gasteiger partial charge on any atom is 0.335 e. The van der Waals surface area contributed by atoms with Crippen molar-refractivity contribution in [3.05, 3.63) is 35.4 Å². The van der Waals surface area contributed by atoms with E-state index in [0.29, 0.717) is 11.5 Å². The van der Waals surface area contributed by atoms with Crippen molar-refractivity contribution in [1.29, 1.82) is 0 Å². The molecule has 0 aromatic heterocycles. The molecule has 20 heavy (non-hydrogen) atoms. The molecule has 0 aliphatic carbocycles. The molecule has 0 amide bonds. The Morgan fingerprint density at radius 3 is 2.20 bits per heavy atom. The van der Waals surface area contributed by atoms with Crippen LogP contribution in [0.15, 0.2) is 24.3 Å². The highest BCUT2D eigenvalue weighted by Crippen LogP contribution is 2.09. The van der Waals surface area contributed by atoms with Gasteiger partial charge in [-0.15, -0.1) is 0 Å². The van der Waals surface area contributed by atoms with Gasteiger partial charge in [-0.1, -0.05) is 26.0 Å². The van der Waals surface area contributed by atoms with E-state index in [1.165, 1.54) is 0 Å². The van der Waals surface area contributed by atoms with Crippen molar-refractivity contribution < 1.29 is 9.90 Å². The molecule has 1 rings (SSSR count). The molecule has 0 aliphatic rings. The molecule has 0 fully saturated rings. The van der Waals surface area contributed by atoms with Gasteiger partial charge in [-0.25, -0.2) is 4.79 Å². The van der Waals surface area contributed by atoms with E-state index in [-0.39, 0.29) is 0 Å². The molecule has 0 spiro atoms. The maximum atomic E-state index is 10.8. The number of rotatable bonds is 8. The Morgan fingerprint density at radius 1 is 1.15 bits per heavy atom. The zero-order valence-electron chi connectivity index (χ0n) is 13.0. The molecule has 0 unspecified atom stereocenters. The Balaban J connectivity index is 2.65. The van der Waals surface area contributed by atoms with Crippen LogP contribution in [0.25, 0.3) is 0 Å². The first-order valence-electron chi connectivity index (χ1n) is 7.07. The van der Waals surface area contributed by atoms with Crippen molar-refractivity contribution in [2.75, 3.05) is 33.7 Å². The third kappa shape index (κ3) is 6.17. The smallest absolute Gasteiger partial charge is 0.335 e. The van der Waals surface area contributed by atoms with Gasteiger partial charge in [0.2, 0.25) is 0 Å². The topological polar surface area (TPSA) is 43.8 Å². The molecule has 0 atom stereocenters. The van der Waals surface area contributed by atoms with E-state index in [0.717, 1.165) is 31.7 Å². The fourth-order valence-electron chi connectivity index (χ4n) is 2.10. The standard InChI is InChI=1S/C16H26N2O2/c1-13(2)11-18(10-9-17(3)4)12-14-5-7-15(8-6-14)16(19)20/h5-8,13H,9-12H2,1-4H3,(H,19,20). The minimum absolute atomic E-state index is 0.345. The Hall–Kier alpha value is -1.39. The molecular weight excluding hydrogens is 252 g/mol. The summed E-state index contributed by atoms with van der Waals surface area (Å²) in [5, 5.41) is 8.91. The van der Waals surface area contributed by atoms with Gasteiger partial charge in [-0.3, -0.25) is 4.90 Å². The third-order valence-electron chi connectivity index (χ3n) is 3.09. The van der Waals surface area contributed by atoms with E-state index in [2.05, 4.69) is 37.7 Å². The lowest BCUT2D eigenvalue weighted by molar-refractivity contribution is 0.0697. The summed E-state index contributed by atoms with van der Waals surface area (Å²) in [6.07, 6.45) is 0. The molecule has 0 radical (unpaired) electrons. The number of hydrogen-bond donors (Lipinski definition) is 1. The number of carbonyl (C=O) groups is 1. The fraction of sp³-hybridized carbons (Fsp3) is 0.562. The van der Waals surface area contributed by atoms with Gasteiger partial charge in [0.15, 0.2) is 0 Å². The average molecular weight is 278 g/mol. The van der Waals surface area contributed by atoms with Gasteiger partial charge in [-0.05, 0) is 37.7 Å². The fourth-order valence-corrected chi connectivity index (χ4v) is 2.10. The van der Waals surface area contributed by atoms with Gasteiger partial charge < -0.3 is 10.0 Å². The predicted octanol–water partition coefficient (Wildman–Crippen LogP) is 2.40. The monoisotopic (exact) mass is 278 g/mol. The first-order chi connectivity index (χ1) is 9.38. The molecule has 112 valence electrons. The SMILES string of the molecule is CC(C)CN(CCN(C)C)Cc1ccc(C(=O)O)cc1. The van der Waals surface area contributed by atoms with Crippen LogP contribution in [0, 0.1) is 5.92 Å². The molecule has 0 saturated carbocycles. The van der Waals surface area contributed by atoms with Crippen LogP contribution in [0.2, 0.25) is 0 Å². The van der Waals surface area contributed by atoms with E-state index in [1.807, 2.05) is 12.1 Å². The third-order valence-corrected chi connectivity index (χ3v) is 3.09. The van der Waals surface area contributed by atoms with Gasteiger partial charge in [-0.2, -0.15) is 0 Å². The number of benzene rings is 1. The average Bonchev–Trinajstić information content (AvgIpc) is 2.36. The van der Waals surface area contributed by atoms with Crippen LogP contribution in [-0.4, -0.2) is 54.6 Å². The first kappa shape index (κ1) is 16.7. The molecule has 1 N–H and O–H groups in total. The van der Waals surface area contributed by atoms with Crippen molar-refractivity contribution in [3.63, 3.8) is 0 Å². The van der Waals surface area contributed by atoms with Crippen molar-refractivity contribution in [2.24, 2.45) is 5.92 Å². The van der Waals surface area contributed by atoms with E-state index in [1.54, 1.807) is 12.1 Å². The Morgan fingerprint density at radius 2 is 1.75 bits per heavy atom. The molecule has 1 aromatic rings. The summed E-state index contributed by atoms with van der Waals surface area (Å²) in [4.78, 5) is 15.4. The van der Waals surface area contributed by atoms with E-state index >= 15 is 0 Å². The van der Waals surface area contributed by atoms with E-state index in [9.17, 15) is 4.79 Å². The summed E-state index contributed by atoms with van der Waals surface area (Å²) in [7, 11) is 4.16. The van der Waals surface area contributed by atoms with E-state index < -0.39 is 5.97 Å². The van der Waals surface area contributed by atoms with Crippen LogP contribution in [0.3, 0.4) is 0 Å². The highest BCUT2D eigenvalue weighted by atomic mass is 16.4. The van der Waals surface area contributed by atoms with Crippen LogP contribution < -0.4 is 0 Å². The number of nitrogens with zero attached hydrogens (tertiary/aromatic N) is 2. The molecule has 0 bridgehead atoms. The molecule has 4 heteroatoms. The summed E-state index contributed by atoms with van der Waals surface area (Å²) < 4.78 is 0. The second-order valence-corrected chi connectivity index (χ2v) is 5.93. The Labute approximate surface area is 122 Å². The van der Waals surface area contributed by atoms with Gasteiger partial charge in [0, 0.05) is 26.2 Å². The van der Waals surface area contributed by atoms with Gasteiger partial charge in [0.05, 0.1) is 5.56 Å². The predicted molar refractivity (Wildman–Crippen MR) is 82.1 cm³/mol. The highest BCUT2D eigenvalue weighted by molar-refractivity contribution is 5.87. The van der Waals surface area contributed by atoms with Crippen LogP contribution >= 0.6 is 0 Å². The number of carboxylic acids is 1. The van der Waals surface area contributed by atoms with Crippen LogP contribution in [0.4, 0.5) is 0 Å². The minimum Gasteiger partial charge on any atom is -0.478 e. The van der Waals surface area contributed by atoms with Crippen LogP contribution in [0.5, 0.6) is 0 Å². The minimum atomic E-state index is -0.872. The van der Waals surface area contributed by atoms with Gasteiger partial charge >= 0.3 is 5.97 Å². The van der Waals surface area contributed by atoms with Crippen molar-refractivity contribution in [1.82, 2.24) is 9.80 Å². The lowest BCUT2D eigenvalue weighted by Crippen LogP contribution is -2.34. The summed E-state index contributed by atoms with van der Waals surface area (Å²) in [5.74, 6) is -0.251. The zero-order valence-corrected chi connectivity index (χ0v) is 13.0. The highest BCUT2D eigenvalue weighted by Gasteiger charge is 2.09.